The van der Waals surface area contributed by atoms with Crippen molar-refractivity contribution in [3.8, 4) is 0 Å². The predicted octanol–water partition coefficient (Wildman–Crippen LogP) is 6.64. The largest absolute Gasteiger partial charge is 0.340 e. The number of carbonyl (C=O) groups is 2. The van der Waals surface area contributed by atoms with E-state index in [2.05, 4.69) is 20.9 Å². The molecule has 2 amide bonds. The number of pyridine rings is 1. The highest BCUT2D eigenvalue weighted by atomic mass is 35.5. The van der Waals surface area contributed by atoms with Crippen LogP contribution in [0, 0.1) is 0 Å². The third-order valence-electron chi connectivity index (χ3n) is 4.65. The molecule has 3 aromatic carbocycles. The van der Waals surface area contributed by atoms with Gasteiger partial charge in [0.25, 0.3) is 11.8 Å². The monoisotopic (exact) mass is 476 g/mol. The number of hydrogen-bond donors (Lipinski definition) is 3. The van der Waals surface area contributed by atoms with E-state index in [-0.39, 0.29) is 11.8 Å². The van der Waals surface area contributed by atoms with Gasteiger partial charge in [-0.2, -0.15) is 0 Å². The summed E-state index contributed by atoms with van der Waals surface area (Å²) < 4.78 is 0. The Morgan fingerprint density at radius 2 is 1.03 bits per heavy atom. The lowest BCUT2D eigenvalue weighted by atomic mass is 10.2. The molecule has 0 saturated carbocycles. The summed E-state index contributed by atoms with van der Waals surface area (Å²) in [7, 11) is 0. The van der Waals surface area contributed by atoms with E-state index >= 15 is 0 Å². The number of hydrogen-bond acceptors (Lipinski definition) is 4. The summed E-state index contributed by atoms with van der Waals surface area (Å²) >= 11 is 11.7. The van der Waals surface area contributed by atoms with Gasteiger partial charge >= 0.3 is 0 Å². The standard InChI is InChI=1S/C25H18Cl2N4O2/c26-18-5-1-16(2-6-18)24(32)30-21-11-9-20(10-12-21)29-23-14-13-22(15-28-23)31-25(33)17-3-7-19(27)8-4-17/h1-15H,(H,28,29)(H,30,32)(H,31,33). The lowest BCUT2D eigenvalue weighted by Crippen LogP contribution is -2.12. The fourth-order valence-electron chi connectivity index (χ4n) is 2.94. The van der Waals surface area contributed by atoms with Crippen molar-refractivity contribution in [2.45, 2.75) is 0 Å². The molecule has 0 aliphatic carbocycles. The van der Waals surface area contributed by atoms with Gasteiger partial charge in [-0.25, -0.2) is 4.98 Å². The van der Waals surface area contributed by atoms with Crippen molar-refractivity contribution in [2.75, 3.05) is 16.0 Å². The molecule has 0 aliphatic heterocycles. The highest BCUT2D eigenvalue weighted by molar-refractivity contribution is 6.31. The summed E-state index contributed by atoms with van der Waals surface area (Å²) in [5.74, 6) is 0.146. The Morgan fingerprint density at radius 3 is 1.52 bits per heavy atom. The zero-order valence-electron chi connectivity index (χ0n) is 17.2. The van der Waals surface area contributed by atoms with Gasteiger partial charge in [-0.15, -0.1) is 0 Å². The van der Waals surface area contributed by atoms with Crippen molar-refractivity contribution in [3.05, 3.63) is 112 Å². The van der Waals surface area contributed by atoms with Crippen molar-refractivity contribution < 1.29 is 9.59 Å². The Bertz CT molecular complexity index is 1160. The number of benzene rings is 3. The number of carbonyl (C=O) groups excluding carboxylic acids is 2. The molecule has 3 N–H and O–H groups in total. The van der Waals surface area contributed by atoms with E-state index in [9.17, 15) is 9.59 Å². The minimum Gasteiger partial charge on any atom is -0.340 e. The average Bonchev–Trinajstić information content (AvgIpc) is 2.82. The highest BCUT2D eigenvalue weighted by Gasteiger charge is 2.08. The van der Waals surface area contributed by atoms with Crippen molar-refractivity contribution in [2.24, 2.45) is 0 Å². The van der Waals surface area contributed by atoms with E-state index in [1.807, 2.05) is 12.1 Å². The van der Waals surface area contributed by atoms with Crippen molar-refractivity contribution in [3.63, 3.8) is 0 Å². The third kappa shape index (κ3) is 6.10. The quantitative estimate of drug-likeness (QED) is 0.291. The van der Waals surface area contributed by atoms with Gasteiger partial charge in [-0.05, 0) is 84.9 Å². The van der Waals surface area contributed by atoms with E-state index in [1.165, 1.54) is 0 Å². The smallest absolute Gasteiger partial charge is 0.255 e. The first-order valence-corrected chi connectivity index (χ1v) is 10.7. The Kier molecular flexibility index (Phi) is 6.88. The molecule has 4 aromatic rings. The number of anilines is 4. The van der Waals surface area contributed by atoms with Crippen molar-refractivity contribution >= 4 is 57.9 Å². The molecule has 0 spiro atoms. The second kappa shape index (κ2) is 10.2. The summed E-state index contributed by atoms with van der Waals surface area (Å²) in [5, 5.41) is 9.95. The van der Waals surface area contributed by atoms with Crippen LogP contribution in [0.1, 0.15) is 20.7 Å². The van der Waals surface area contributed by atoms with Crippen LogP contribution >= 0.6 is 23.2 Å². The summed E-state index contributed by atoms with van der Waals surface area (Å²) in [5.41, 5.74) is 3.05. The zero-order valence-corrected chi connectivity index (χ0v) is 18.7. The molecule has 8 heteroatoms. The fourth-order valence-corrected chi connectivity index (χ4v) is 3.19. The van der Waals surface area contributed by atoms with Crippen molar-refractivity contribution in [1.29, 1.82) is 0 Å². The molecule has 164 valence electrons. The predicted molar refractivity (Wildman–Crippen MR) is 133 cm³/mol. The topological polar surface area (TPSA) is 83.1 Å². The van der Waals surface area contributed by atoms with Gasteiger partial charge in [-0.3, -0.25) is 9.59 Å². The summed E-state index contributed by atoms with van der Waals surface area (Å²) in [6.07, 6.45) is 1.57. The Hall–Kier alpha value is -3.87. The number of aromatic nitrogens is 1. The van der Waals surface area contributed by atoms with E-state index in [0.717, 1.165) is 5.69 Å². The maximum absolute atomic E-state index is 12.3. The van der Waals surface area contributed by atoms with Gasteiger partial charge in [0.1, 0.15) is 5.82 Å². The third-order valence-corrected chi connectivity index (χ3v) is 5.15. The Balaban J connectivity index is 1.33. The van der Waals surface area contributed by atoms with E-state index < -0.39 is 0 Å². The second-order valence-electron chi connectivity index (χ2n) is 7.06. The van der Waals surface area contributed by atoms with Crippen LogP contribution in [0.3, 0.4) is 0 Å². The highest BCUT2D eigenvalue weighted by Crippen LogP contribution is 2.20. The minimum absolute atomic E-state index is 0.217. The molecule has 0 bridgehead atoms. The van der Waals surface area contributed by atoms with Gasteiger partial charge in [0.2, 0.25) is 0 Å². The van der Waals surface area contributed by atoms with Crippen LogP contribution in [0.15, 0.2) is 91.1 Å². The zero-order chi connectivity index (χ0) is 23.2. The Labute approximate surface area is 200 Å². The summed E-state index contributed by atoms with van der Waals surface area (Å²) in [6.45, 7) is 0. The van der Waals surface area contributed by atoms with Crippen LogP contribution in [0.2, 0.25) is 10.0 Å². The molecule has 0 aliphatic rings. The van der Waals surface area contributed by atoms with Crippen LogP contribution in [-0.2, 0) is 0 Å². The minimum atomic E-state index is -0.245. The van der Waals surface area contributed by atoms with E-state index in [0.29, 0.717) is 38.4 Å². The van der Waals surface area contributed by atoms with Crippen LogP contribution < -0.4 is 16.0 Å². The van der Waals surface area contributed by atoms with Gasteiger partial charge in [0, 0.05) is 32.5 Å². The molecule has 0 radical (unpaired) electrons. The molecule has 33 heavy (non-hydrogen) atoms. The molecule has 0 unspecified atom stereocenters. The number of amides is 2. The lowest BCUT2D eigenvalue weighted by Gasteiger charge is -2.09. The van der Waals surface area contributed by atoms with E-state index in [1.54, 1.807) is 79.0 Å². The van der Waals surface area contributed by atoms with Crippen LogP contribution in [0.25, 0.3) is 0 Å². The molecular formula is C25H18Cl2N4O2. The number of nitrogens with one attached hydrogen (secondary N) is 3. The normalized spacial score (nSPS) is 10.4. The molecule has 4 rings (SSSR count). The SMILES string of the molecule is O=C(Nc1ccc(Nc2ccc(NC(=O)c3ccc(Cl)cc3)cn2)cc1)c1ccc(Cl)cc1. The molecule has 6 nitrogen and oxygen atoms in total. The van der Waals surface area contributed by atoms with Crippen LogP contribution in [-0.4, -0.2) is 16.8 Å². The average molecular weight is 477 g/mol. The molecule has 0 saturated heterocycles. The number of nitrogens with zero attached hydrogens (tertiary/aromatic N) is 1. The molecule has 1 heterocycles. The first-order chi connectivity index (χ1) is 16.0. The summed E-state index contributed by atoms with van der Waals surface area (Å²) in [6, 6.07) is 24.1. The summed E-state index contributed by atoms with van der Waals surface area (Å²) in [4.78, 5) is 28.9. The maximum atomic E-state index is 12.3. The van der Waals surface area contributed by atoms with E-state index in [4.69, 9.17) is 23.2 Å². The fraction of sp³-hybridized carbons (Fsp3) is 0. The molecule has 0 fully saturated rings. The number of rotatable bonds is 6. The first kappa shape index (κ1) is 22.3. The van der Waals surface area contributed by atoms with Gasteiger partial charge in [0.05, 0.1) is 11.9 Å². The number of halogens is 2. The van der Waals surface area contributed by atoms with Crippen LogP contribution in [0.4, 0.5) is 22.9 Å². The van der Waals surface area contributed by atoms with Crippen molar-refractivity contribution in [1.82, 2.24) is 4.98 Å². The van der Waals surface area contributed by atoms with Gasteiger partial charge in [-0.1, -0.05) is 23.2 Å². The lowest BCUT2D eigenvalue weighted by molar-refractivity contribution is 0.101. The van der Waals surface area contributed by atoms with Gasteiger partial charge in [0.15, 0.2) is 0 Å². The Morgan fingerprint density at radius 1 is 0.576 bits per heavy atom. The van der Waals surface area contributed by atoms with Crippen LogP contribution in [0.5, 0.6) is 0 Å². The molecular weight excluding hydrogens is 459 g/mol. The second-order valence-corrected chi connectivity index (χ2v) is 7.93. The maximum Gasteiger partial charge on any atom is 0.255 e. The molecule has 1 aromatic heterocycles. The first-order valence-electron chi connectivity index (χ1n) is 9.93. The molecule has 0 atom stereocenters. The van der Waals surface area contributed by atoms with Gasteiger partial charge < -0.3 is 16.0 Å².